The maximum atomic E-state index is 14.1. The van der Waals surface area contributed by atoms with E-state index >= 15 is 0 Å². The highest BCUT2D eigenvalue weighted by molar-refractivity contribution is 5.92. The lowest BCUT2D eigenvalue weighted by Crippen LogP contribution is -2.39. The van der Waals surface area contributed by atoms with Crippen molar-refractivity contribution in [2.24, 2.45) is 5.92 Å². The zero-order chi connectivity index (χ0) is 20.3. The molecule has 0 unspecified atom stereocenters. The first-order chi connectivity index (χ1) is 13.2. The number of likely N-dealkylation sites (tertiary alicyclic amines) is 1. The van der Waals surface area contributed by atoms with Gasteiger partial charge in [0.05, 0.1) is 0 Å². The SMILES string of the molecule is CN1CCC(CN(Cc2ccccc2F)C(=O)c2cc(C(F)(F)F)n[nH]2)CC1. The van der Waals surface area contributed by atoms with Gasteiger partial charge in [0, 0.05) is 24.7 Å². The quantitative estimate of drug-likeness (QED) is 0.784. The highest BCUT2D eigenvalue weighted by Gasteiger charge is 2.35. The van der Waals surface area contributed by atoms with Crippen molar-refractivity contribution in [1.29, 1.82) is 0 Å². The van der Waals surface area contributed by atoms with E-state index in [-0.39, 0.29) is 18.2 Å². The number of H-pyrrole nitrogens is 1. The van der Waals surface area contributed by atoms with E-state index in [1.165, 1.54) is 11.0 Å². The van der Waals surface area contributed by atoms with Gasteiger partial charge >= 0.3 is 6.18 Å². The zero-order valence-electron chi connectivity index (χ0n) is 15.5. The Morgan fingerprint density at radius 1 is 1.29 bits per heavy atom. The summed E-state index contributed by atoms with van der Waals surface area (Å²) < 4.78 is 52.5. The number of alkyl halides is 3. The molecule has 1 fully saturated rings. The number of amides is 1. The third kappa shape index (κ3) is 4.89. The van der Waals surface area contributed by atoms with Crippen LogP contribution in [0.3, 0.4) is 0 Å². The van der Waals surface area contributed by atoms with E-state index in [9.17, 15) is 22.4 Å². The van der Waals surface area contributed by atoms with Crippen LogP contribution in [0.2, 0.25) is 0 Å². The van der Waals surface area contributed by atoms with Gasteiger partial charge in [-0.15, -0.1) is 0 Å². The first-order valence-corrected chi connectivity index (χ1v) is 9.08. The predicted molar refractivity (Wildman–Crippen MR) is 95.0 cm³/mol. The summed E-state index contributed by atoms with van der Waals surface area (Å²) >= 11 is 0. The van der Waals surface area contributed by atoms with E-state index in [4.69, 9.17) is 0 Å². The Morgan fingerprint density at radius 3 is 2.57 bits per heavy atom. The molecule has 2 aromatic rings. The van der Waals surface area contributed by atoms with E-state index in [0.29, 0.717) is 18.2 Å². The van der Waals surface area contributed by atoms with Crippen molar-refractivity contribution in [1.82, 2.24) is 20.0 Å². The lowest BCUT2D eigenvalue weighted by atomic mass is 9.96. The molecule has 0 aliphatic carbocycles. The van der Waals surface area contributed by atoms with Crippen molar-refractivity contribution in [2.45, 2.75) is 25.6 Å². The number of nitrogens with one attached hydrogen (secondary N) is 1. The van der Waals surface area contributed by atoms with Crippen LogP contribution >= 0.6 is 0 Å². The topological polar surface area (TPSA) is 52.2 Å². The lowest BCUT2D eigenvalue weighted by Gasteiger charge is -2.33. The molecule has 28 heavy (non-hydrogen) atoms. The second kappa shape index (κ2) is 8.30. The summed E-state index contributed by atoms with van der Waals surface area (Å²) in [4.78, 5) is 16.5. The Bertz CT molecular complexity index is 812. The summed E-state index contributed by atoms with van der Waals surface area (Å²) in [5, 5.41) is 5.37. The molecule has 0 atom stereocenters. The van der Waals surface area contributed by atoms with Crippen LogP contribution in [0.1, 0.15) is 34.6 Å². The number of benzene rings is 1. The Morgan fingerprint density at radius 2 is 1.96 bits per heavy atom. The van der Waals surface area contributed by atoms with Crippen molar-refractivity contribution >= 4 is 5.91 Å². The number of carbonyl (C=O) groups is 1. The van der Waals surface area contributed by atoms with Crippen molar-refractivity contribution in [3.63, 3.8) is 0 Å². The fourth-order valence-electron chi connectivity index (χ4n) is 3.35. The number of hydrogen-bond acceptors (Lipinski definition) is 3. The third-order valence-electron chi connectivity index (χ3n) is 5.02. The molecule has 9 heteroatoms. The maximum absolute atomic E-state index is 14.1. The molecule has 1 aliphatic heterocycles. The standard InChI is InChI=1S/C19H22F4N4O/c1-26-8-6-13(7-9-26)11-27(12-14-4-2-3-5-15(14)20)18(28)16-10-17(25-24-16)19(21,22)23/h2-5,10,13H,6-9,11-12H2,1H3,(H,24,25). The van der Waals surface area contributed by atoms with Crippen molar-refractivity contribution in [3.8, 4) is 0 Å². The fraction of sp³-hybridized carbons (Fsp3) is 0.474. The Kier molecular flexibility index (Phi) is 6.02. The second-order valence-electron chi connectivity index (χ2n) is 7.19. The molecule has 1 aliphatic rings. The number of nitrogens with zero attached hydrogens (tertiary/aromatic N) is 3. The summed E-state index contributed by atoms with van der Waals surface area (Å²) in [5.74, 6) is -0.869. The number of halogens is 4. The summed E-state index contributed by atoms with van der Waals surface area (Å²) in [6.07, 6.45) is -2.90. The van der Waals surface area contributed by atoms with Gasteiger partial charge in [-0.2, -0.15) is 18.3 Å². The van der Waals surface area contributed by atoms with E-state index in [2.05, 4.69) is 15.1 Å². The van der Waals surface area contributed by atoms with Gasteiger partial charge in [0.2, 0.25) is 0 Å². The van der Waals surface area contributed by atoms with Crippen molar-refractivity contribution < 1.29 is 22.4 Å². The number of rotatable bonds is 5. The van der Waals surface area contributed by atoms with Gasteiger partial charge in [-0.25, -0.2) is 4.39 Å². The van der Waals surface area contributed by atoms with Crippen molar-refractivity contribution in [3.05, 3.63) is 53.1 Å². The predicted octanol–water partition coefficient (Wildman–Crippen LogP) is 3.55. The molecule has 1 saturated heterocycles. The number of hydrogen-bond donors (Lipinski definition) is 1. The minimum atomic E-state index is -4.64. The summed E-state index contributed by atoms with van der Waals surface area (Å²) in [6.45, 7) is 2.10. The number of piperidine rings is 1. The second-order valence-corrected chi connectivity index (χ2v) is 7.19. The molecule has 152 valence electrons. The molecular weight excluding hydrogens is 376 g/mol. The summed E-state index contributed by atoms with van der Waals surface area (Å²) in [6, 6.07) is 6.77. The number of aromatic amines is 1. The Labute approximate surface area is 160 Å². The highest BCUT2D eigenvalue weighted by atomic mass is 19.4. The molecule has 0 spiro atoms. The normalized spacial score (nSPS) is 16.3. The summed E-state index contributed by atoms with van der Waals surface area (Å²) in [7, 11) is 2.02. The first-order valence-electron chi connectivity index (χ1n) is 9.08. The molecular formula is C19H22F4N4O. The lowest BCUT2D eigenvalue weighted by molar-refractivity contribution is -0.141. The summed E-state index contributed by atoms with van der Waals surface area (Å²) in [5.41, 5.74) is -1.09. The Balaban J connectivity index is 1.81. The molecule has 0 saturated carbocycles. The van der Waals surface area contributed by atoms with Gasteiger partial charge in [-0.3, -0.25) is 9.89 Å². The average Bonchev–Trinajstić information content (AvgIpc) is 3.15. The van der Waals surface area contributed by atoms with Crippen LogP contribution in [0.4, 0.5) is 17.6 Å². The van der Waals surface area contributed by atoms with Gasteiger partial charge in [0.1, 0.15) is 11.5 Å². The smallest absolute Gasteiger partial charge is 0.333 e. The van der Waals surface area contributed by atoms with Crippen LogP contribution < -0.4 is 0 Å². The van der Waals surface area contributed by atoms with E-state index < -0.39 is 23.6 Å². The largest absolute Gasteiger partial charge is 0.435 e. The van der Waals surface area contributed by atoms with Gasteiger partial charge in [-0.1, -0.05) is 18.2 Å². The fourth-order valence-corrected chi connectivity index (χ4v) is 3.35. The molecule has 3 rings (SSSR count). The molecule has 0 radical (unpaired) electrons. The van der Waals surface area contributed by atoms with Crippen molar-refractivity contribution in [2.75, 3.05) is 26.7 Å². The van der Waals surface area contributed by atoms with Crippen LogP contribution in [-0.2, 0) is 12.7 Å². The van der Waals surface area contributed by atoms with E-state index in [1.54, 1.807) is 18.2 Å². The molecule has 1 aromatic heterocycles. The Hall–Kier alpha value is -2.42. The molecule has 1 amide bonds. The van der Waals surface area contributed by atoms with E-state index in [1.807, 2.05) is 7.05 Å². The van der Waals surface area contributed by atoms with Crippen LogP contribution in [0.25, 0.3) is 0 Å². The van der Waals surface area contributed by atoms with Crippen LogP contribution in [0.15, 0.2) is 30.3 Å². The first kappa shape index (κ1) is 20.3. The van der Waals surface area contributed by atoms with Gasteiger partial charge in [-0.05, 0) is 45.0 Å². The monoisotopic (exact) mass is 398 g/mol. The number of carbonyl (C=O) groups excluding carboxylic acids is 1. The average molecular weight is 398 g/mol. The minimum Gasteiger partial charge on any atom is -0.333 e. The number of aromatic nitrogens is 2. The van der Waals surface area contributed by atoms with Gasteiger partial charge in [0.15, 0.2) is 5.69 Å². The van der Waals surface area contributed by atoms with Crippen LogP contribution in [0.5, 0.6) is 0 Å². The molecule has 2 heterocycles. The maximum Gasteiger partial charge on any atom is 0.435 e. The minimum absolute atomic E-state index is 0.0157. The molecule has 5 nitrogen and oxygen atoms in total. The molecule has 1 N–H and O–H groups in total. The molecule has 1 aromatic carbocycles. The van der Waals surface area contributed by atoms with Crippen LogP contribution in [-0.4, -0.2) is 52.6 Å². The van der Waals surface area contributed by atoms with Gasteiger partial charge in [0.25, 0.3) is 5.91 Å². The highest BCUT2D eigenvalue weighted by Crippen LogP contribution is 2.28. The molecule has 0 bridgehead atoms. The van der Waals surface area contributed by atoms with Gasteiger partial charge < -0.3 is 9.80 Å². The van der Waals surface area contributed by atoms with Crippen LogP contribution in [0, 0.1) is 11.7 Å². The zero-order valence-corrected chi connectivity index (χ0v) is 15.5. The third-order valence-corrected chi connectivity index (χ3v) is 5.02. The van der Waals surface area contributed by atoms with E-state index in [0.717, 1.165) is 25.9 Å².